The normalized spacial score (nSPS) is 13.3. The van der Waals surface area contributed by atoms with Crippen LogP contribution in [0.4, 0.5) is 0 Å². The number of aliphatic hydroxyl groups excluding tert-OH is 1. The highest BCUT2D eigenvalue weighted by Gasteiger charge is 2.16. The molecule has 0 aromatic rings. The molecule has 5 nitrogen and oxygen atoms in total. The number of ether oxygens (including phenoxy) is 2. The lowest BCUT2D eigenvalue weighted by Crippen LogP contribution is -2.28. The van der Waals surface area contributed by atoms with Gasteiger partial charge in [0.25, 0.3) is 0 Å². The quantitative estimate of drug-likeness (QED) is 0.0374. The van der Waals surface area contributed by atoms with Gasteiger partial charge in [-0.3, -0.25) is 9.59 Å². The Morgan fingerprint density at radius 3 is 0.985 bits per heavy atom. The third-order valence-electron chi connectivity index (χ3n) is 11.2. The molecule has 0 radical (unpaired) electrons. The second-order valence-electron chi connectivity index (χ2n) is 17.6. The first kappa shape index (κ1) is 63.0. The zero-order valence-electron chi connectivity index (χ0n) is 43.1. The van der Waals surface area contributed by atoms with Crippen molar-refractivity contribution in [2.45, 2.75) is 232 Å². The summed E-state index contributed by atoms with van der Waals surface area (Å²) in [6.45, 7) is 4.00. The monoisotopic (exact) mass is 925 g/mol. The van der Waals surface area contributed by atoms with Crippen molar-refractivity contribution in [3.63, 3.8) is 0 Å². The molecule has 378 valence electrons. The fourth-order valence-corrected chi connectivity index (χ4v) is 7.11. The van der Waals surface area contributed by atoms with E-state index in [1.54, 1.807) is 0 Å². The van der Waals surface area contributed by atoms with Gasteiger partial charge in [0.05, 0.1) is 6.61 Å². The second-order valence-corrected chi connectivity index (χ2v) is 17.6. The Kier molecular flexibility index (Phi) is 53.0. The molecule has 0 aliphatic rings. The third-order valence-corrected chi connectivity index (χ3v) is 11.2. The van der Waals surface area contributed by atoms with Gasteiger partial charge in [-0.25, -0.2) is 0 Å². The highest BCUT2D eigenvalue weighted by Crippen LogP contribution is 2.13. The van der Waals surface area contributed by atoms with Gasteiger partial charge >= 0.3 is 11.9 Å². The lowest BCUT2D eigenvalue weighted by Gasteiger charge is -2.15. The summed E-state index contributed by atoms with van der Waals surface area (Å²) in [6, 6.07) is 0. The van der Waals surface area contributed by atoms with Gasteiger partial charge in [0.15, 0.2) is 6.10 Å². The Labute approximate surface area is 413 Å². The molecule has 0 fully saturated rings. The Morgan fingerprint density at radius 1 is 0.358 bits per heavy atom. The Morgan fingerprint density at radius 2 is 0.642 bits per heavy atom. The van der Waals surface area contributed by atoms with Crippen molar-refractivity contribution >= 4 is 11.9 Å². The van der Waals surface area contributed by atoms with E-state index in [0.717, 1.165) is 116 Å². The van der Waals surface area contributed by atoms with Crippen LogP contribution in [-0.2, 0) is 19.1 Å². The maximum Gasteiger partial charge on any atom is 0.306 e. The Hall–Kier alpha value is -3.96. The van der Waals surface area contributed by atoms with E-state index in [-0.39, 0.29) is 25.2 Å². The van der Waals surface area contributed by atoms with Crippen molar-refractivity contribution in [1.29, 1.82) is 0 Å². The number of allylic oxidation sites excluding steroid dienone is 22. The second kappa shape index (κ2) is 56.4. The number of carbonyl (C=O) groups is 2. The van der Waals surface area contributed by atoms with Crippen molar-refractivity contribution in [3.8, 4) is 0 Å². The average Bonchev–Trinajstić information content (AvgIpc) is 3.33. The van der Waals surface area contributed by atoms with Gasteiger partial charge in [-0.05, 0) is 116 Å². The summed E-state index contributed by atoms with van der Waals surface area (Å²) in [6.07, 6.45) is 84.1. The molecule has 0 aliphatic carbocycles. The number of hydrogen-bond donors (Lipinski definition) is 1. The van der Waals surface area contributed by atoms with Crippen LogP contribution in [0.15, 0.2) is 134 Å². The summed E-state index contributed by atoms with van der Waals surface area (Å²) in [5.74, 6) is -0.632. The average molecular weight is 925 g/mol. The molecule has 0 bridgehead atoms. The topological polar surface area (TPSA) is 72.8 Å². The minimum atomic E-state index is -0.797. The van der Waals surface area contributed by atoms with E-state index < -0.39 is 6.10 Å². The number of esters is 2. The minimum absolute atomic E-state index is 0.0861. The molecule has 0 aromatic heterocycles. The highest BCUT2D eigenvalue weighted by molar-refractivity contribution is 5.70. The van der Waals surface area contributed by atoms with Crippen molar-refractivity contribution in [3.05, 3.63) is 134 Å². The molecule has 0 heterocycles. The van der Waals surface area contributed by atoms with E-state index >= 15 is 0 Å². The Balaban J connectivity index is 3.66. The highest BCUT2D eigenvalue weighted by atomic mass is 16.6. The molecular formula is C62H100O5. The summed E-state index contributed by atoms with van der Waals surface area (Å²) >= 11 is 0. The Bertz CT molecular complexity index is 1420. The van der Waals surface area contributed by atoms with Gasteiger partial charge in [-0.1, -0.05) is 231 Å². The van der Waals surface area contributed by atoms with Crippen LogP contribution in [0.5, 0.6) is 0 Å². The van der Waals surface area contributed by atoms with Crippen LogP contribution in [-0.4, -0.2) is 36.4 Å². The largest absolute Gasteiger partial charge is 0.462 e. The molecule has 67 heavy (non-hydrogen) atoms. The lowest BCUT2D eigenvalue weighted by atomic mass is 10.1. The van der Waals surface area contributed by atoms with Crippen molar-refractivity contribution in [1.82, 2.24) is 0 Å². The van der Waals surface area contributed by atoms with Crippen LogP contribution < -0.4 is 0 Å². The molecule has 5 heteroatoms. The van der Waals surface area contributed by atoms with Crippen molar-refractivity contribution in [2.75, 3.05) is 13.2 Å². The maximum absolute atomic E-state index is 12.3. The number of carbonyl (C=O) groups excluding carboxylic acids is 2. The molecule has 0 spiro atoms. The molecule has 0 amide bonds. The molecule has 1 unspecified atom stereocenters. The molecule has 1 atom stereocenters. The van der Waals surface area contributed by atoms with Crippen LogP contribution in [0.2, 0.25) is 0 Å². The van der Waals surface area contributed by atoms with Crippen molar-refractivity contribution < 1.29 is 24.2 Å². The standard InChI is InChI=1S/C62H100O5/c1-3-5-7-9-11-13-15-17-19-21-23-24-25-26-27-28-29-30-31-32-33-34-35-36-37-38-39-41-43-45-47-49-51-53-55-57-62(65)67-60(58-63)59-66-61(64)56-54-52-50-48-46-44-42-40-22-20-18-16-14-12-10-8-6-4-2/h5,7,11,13,17,19-20,22-24,26-27,29-30,32-33,35-36,38-39,43,45,60,63H,3-4,6,8-10,12,14-16,18,21,25,28,31,34,37,40-42,44,46-59H2,1-2H3/b7-5-,13-11-,19-17-,22-20-,24-23-,27-26-,30-29-,33-32-,36-35-,39-38-,45-43-. The molecule has 0 rings (SSSR count). The van der Waals surface area contributed by atoms with E-state index in [1.807, 2.05) is 0 Å². The van der Waals surface area contributed by atoms with E-state index in [2.05, 4.69) is 148 Å². The van der Waals surface area contributed by atoms with Crippen LogP contribution in [0.25, 0.3) is 0 Å². The minimum Gasteiger partial charge on any atom is -0.462 e. The predicted octanol–water partition coefficient (Wildman–Crippen LogP) is 18.5. The number of unbranched alkanes of at least 4 members (excludes halogenated alkanes) is 18. The van der Waals surface area contributed by atoms with Crippen molar-refractivity contribution in [2.24, 2.45) is 0 Å². The van der Waals surface area contributed by atoms with Crippen LogP contribution in [0.1, 0.15) is 226 Å². The molecule has 0 saturated carbocycles. The van der Waals surface area contributed by atoms with Gasteiger partial charge in [0.2, 0.25) is 0 Å². The lowest BCUT2D eigenvalue weighted by molar-refractivity contribution is -0.161. The predicted molar refractivity (Wildman–Crippen MR) is 292 cm³/mol. The van der Waals surface area contributed by atoms with Gasteiger partial charge < -0.3 is 14.6 Å². The van der Waals surface area contributed by atoms with Crippen LogP contribution >= 0.6 is 0 Å². The van der Waals surface area contributed by atoms with E-state index in [4.69, 9.17) is 9.47 Å². The van der Waals surface area contributed by atoms with E-state index in [0.29, 0.717) is 12.8 Å². The van der Waals surface area contributed by atoms with Crippen LogP contribution in [0, 0.1) is 0 Å². The van der Waals surface area contributed by atoms with E-state index in [1.165, 1.54) is 83.5 Å². The summed E-state index contributed by atoms with van der Waals surface area (Å²) in [4.78, 5) is 24.5. The molecule has 0 aliphatic heterocycles. The summed E-state index contributed by atoms with van der Waals surface area (Å²) in [5, 5.41) is 9.63. The number of hydrogen-bond acceptors (Lipinski definition) is 5. The smallest absolute Gasteiger partial charge is 0.306 e. The van der Waals surface area contributed by atoms with Gasteiger partial charge in [0.1, 0.15) is 6.61 Å². The zero-order chi connectivity index (χ0) is 48.5. The fraction of sp³-hybridized carbons (Fsp3) is 0.613. The SMILES string of the molecule is CC/C=C\C/C=C\C/C=C\C/C=C\C/C=C\C/C=C\C/C=C\C/C=C\C/C=C\C/C=C\CCCCCCC(=O)OC(CO)COC(=O)CCCCCCCCC/C=C\CCCCCCCCC. The van der Waals surface area contributed by atoms with Crippen LogP contribution in [0.3, 0.4) is 0 Å². The molecule has 0 aromatic carbocycles. The summed E-state index contributed by atoms with van der Waals surface area (Å²) < 4.78 is 10.7. The first-order valence-electron chi connectivity index (χ1n) is 27.2. The third kappa shape index (κ3) is 54.5. The zero-order valence-corrected chi connectivity index (χ0v) is 43.1. The van der Waals surface area contributed by atoms with Gasteiger partial charge in [0, 0.05) is 12.8 Å². The first-order chi connectivity index (χ1) is 33.1. The molecular weight excluding hydrogens is 825 g/mol. The number of rotatable bonds is 48. The van der Waals surface area contributed by atoms with E-state index in [9.17, 15) is 14.7 Å². The molecule has 0 saturated heterocycles. The fourth-order valence-electron chi connectivity index (χ4n) is 7.11. The summed E-state index contributed by atoms with van der Waals surface area (Å²) in [7, 11) is 0. The first-order valence-corrected chi connectivity index (χ1v) is 27.2. The molecule has 1 N–H and O–H groups in total. The van der Waals surface area contributed by atoms with Gasteiger partial charge in [-0.2, -0.15) is 0 Å². The maximum atomic E-state index is 12.3. The van der Waals surface area contributed by atoms with Gasteiger partial charge in [-0.15, -0.1) is 0 Å². The summed E-state index contributed by atoms with van der Waals surface area (Å²) in [5.41, 5.74) is 0. The number of aliphatic hydroxyl groups is 1.